The van der Waals surface area contributed by atoms with Crippen LogP contribution in [0.25, 0.3) is 33.3 Å². The Balaban J connectivity index is 1.59. The lowest BCUT2D eigenvalue weighted by molar-refractivity contribution is 0.0537. The number of fused-ring (bicyclic) bond motifs is 1. The molecule has 0 unspecified atom stereocenters. The van der Waals surface area contributed by atoms with Gasteiger partial charge >= 0.3 is 12.2 Å². The van der Waals surface area contributed by atoms with Gasteiger partial charge in [-0.2, -0.15) is 9.40 Å². The van der Waals surface area contributed by atoms with E-state index in [1.165, 1.54) is 25.3 Å². The molecular weight excluding hydrogens is 714 g/mol. The zero-order valence-corrected chi connectivity index (χ0v) is 33.1. The number of benzene rings is 2. The van der Waals surface area contributed by atoms with Crippen LogP contribution in [0.3, 0.4) is 0 Å². The first-order chi connectivity index (χ1) is 25.2. The SMILES string of the molecule is COc1ccc(-c2cnc3c(c2)c(-c2c(C)nn(Cc4cccc(F)c4)c2C)c(C2CC2)n3C(=O)OC(C)(C)C)cc1N(C(=O)OC(C)(C)C)S(C)(=O)=O. The second-order valence-corrected chi connectivity index (χ2v) is 17.5. The molecule has 1 aliphatic carbocycles. The predicted octanol–water partition coefficient (Wildman–Crippen LogP) is 8.74. The highest BCUT2D eigenvalue weighted by Crippen LogP contribution is 2.50. The first-order valence-electron chi connectivity index (χ1n) is 17.6. The Hall–Kier alpha value is -5.24. The third-order valence-corrected chi connectivity index (χ3v) is 9.87. The first kappa shape index (κ1) is 38.5. The summed E-state index contributed by atoms with van der Waals surface area (Å²) in [5, 5.41) is 5.53. The number of aromatic nitrogens is 4. The lowest BCUT2D eigenvalue weighted by Gasteiger charge is -2.27. The molecule has 0 radical (unpaired) electrons. The van der Waals surface area contributed by atoms with Gasteiger partial charge < -0.3 is 14.2 Å². The zero-order chi connectivity index (χ0) is 39.5. The highest BCUT2D eigenvalue weighted by Gasteiger charge is 2.38. The fraction of sp³-hybridized carbons (Fsp3) is 0.400. The monoisotopic (exact) mass is 759 g/mol. The number of rotatable bonds is 8. The van der Waals surface area contributed by atoms with Crippen molar-refractivity contribution in [1.82, 2.24) is 19.3 Å². The summed E-state index contributed by atoms with van der Waals surface area (Å²) in [6, 6.07) is 13.1. The van der Waals surface area contributed by atoms with E-state index in [4.69, 9.17) is 24.3 Å². The molecule has 1 fully saturated rings. The van der Waals surface area contributed by atoms with Crippen LogP contribution in [0.1, 0.15) is 82.9 Å². The maximum Gasteiger partial charge on any atom is 0.429 e. The molecule has 1 saturated carbocycles. The van der Waals surface area contributed by atoms with Gasteiger partial charge in [0.05, 0.1) is 25.6 Å². The molecule has 54 heavy (non-hydrogen) atoms. The molecule has 286 valence electrons. The fourth-order valence-corrected chi connectivity index (χ4v) is 7.41. The van der Waals surface area contributed by atoms with Crippen LogP contribution in [0.4, 0.5) is 19.7 Å². The summed E-state index contributed by atoms with van der Waals surface area (Å²) in [4.78, 5) is 32.3. The highest BCUT2D eigenvalue weighted by atomic mass is 32.2. The van der Waals surface area contributed by atoms with Crippen molar-refractivity contribution in [1.29, 1.82) is 0 Å². The van der Waals surface area contributed by atoms with Crippen molar-refractivity contribution in [2.45, 2.75) is 91.9 Å². The largest absolute Gasteiger partial charge is 0.495 e. The van der Waals surface area contributed by atoms with Crippen molar-refractivity contribution in [3.8, 4) is 28.0 Å². The molecule has 2 aromatic carbocycles. The summed E-state index contributed by atoms with van der Waals surface area (Å²) in [5.74, 6) is -0.147. The molecule has 0 bridgehead atoms. The summed E-state index contributed by atoms with van der Waals surface area (Å²) >= 11 is 0. The summed E-state index contributed by atoms with van der Waals surface area (Å²) in [6.07, 6.45) is 2.60. The molecule has 0 N–H and O–H groups in total. The van der Waals surface area contributed by atoms with Crippen LogP contribution in [0.15, 0.2) is 54.7 Å². The third kappa shape index (κ3) is 7.84. The molecule has 14 heteroatoms. The predicted molar refractivity (Wildman–Crippen MR) is 205 cm³/mol. The van der Waals surface area contributed by atoms with Gasteiger partial charge in [-0.1, -0.05) is 18.2 Å². The van der Waals surface area contributed by atoms with Gasteiger partial charge in [0.1, 0.15) is 34.1 Å². The maximum absolute atomic E-state index is 14.1. The van der Waals surface area contributed by atoms with Crippen LogP contribution >= 0.6 is 0 Å². The summed E-state index contributed by atoms with van der Waals surface area (Å²) in [5.41, 5.74) is 4.36. The Morgan fingerprint density at radius 2 is 1.63 bits per heavy atom. The first-order valence-corrected chi connectivity index (χ1v) is 19.5. The molecule has 1 amide bonds. The number of nitrogens with zero attached hydrogens (tertiary/aromatic N) is 5. The number of methoxy groups -OCH3 is 1. The molecule has 5 aromatic rings. The van der Waals surface area contributed by atoms with E-state index in [0.717, 1.165) is 47.2 Å². The minimum Gasteiger partial charge on any atom is -0.495 e. The fourth-order valence-electron chi connectivity index (χ4n) is 6.61. The van der Waals surface area contributed by atoms with Gasteiger partial charge in [-0.3, -0.25) is 4.68 Å². The normalized spacial score (nSPS) is 13.6. The van der Waals surface area contributed by atoms with Gasteiger partial charge in [-0.15, -0.1) is 0 Å². The number of amides is 1. The number of hydrogen-bond donors (Lipinski definition) is 0. The lowest BCUT2D eigenvalue weighted by atomic mass is 9.97. The van der Waals surface area contributed by atoms with Crippen LogP contribution in [0, 0.1) is 19.7 Å². The number of hydrogen-bond acceptors (Lipinski definition) is 9. The molecule has 1 aliphatic rings. The van der Waals surface area contributed by atoms with Crippen molar-refractivity contribution in [2.24, 2.45) is 0 Å². The van der Waals surface area contributed by atoms with Gasteiger partial charge in [-0.05, 0) is 110 Å². The number of carbonyl (C=O) groups excluding carboxylic acids is 2. The second-order valence-electron chi connectivity index (χ2n) is 15.7. The highest BCUT2D eigenvalue weighted by molar-refractivity contribution is 7.92. The van der Waals surface area contributed by atoms with Crippen LogP contribution in [0.5, 0.6) is 5.75 Å². The molecule has 3 aromatic heterocycles. The molecule has 0 atom stereocenters. The van der Waals surface area contributed by atoms with Gasteiger partial charge in [0, 0.05) is 45.6 Å². The molecule has 0 spiro atoms. The molecular formula is C40H46FN5O7S. The molecule has 6 rings (SSSR count). The number of anilines is 1. The van der Waals surface area contributed by atoms with Crippen LogP contribution in [0.2, 0.25) is 0 Å². The maximum atomic E-state index is 14.1. The van der Waals surface area contributed by atoms with E-state index in [1.807, 2.05) is 51.4 Å². The molecule has 0 saturated heterocycles. The van der Waals surface area contributed by atoms with Gasteiger partial charge in [0.2, 0.25) is 10.0 Å². The van der Waals surface area contributed by atoms with E-state index in [0.29, 0.717) is 38.7 Å². The van der Waals surface area contributed by atoms with Gasteiger partial charge in [-0.25, -0.2) is 31.9 Å². The third-order valence-electron chi connectivity index (χ3n) is 8.86. The molecule has 12 nitrogen and oxygen atoms in total. The van der Waals surface area contributed by atoms with Crippen molar-refractivity contribution in [3.63, 3.8) is 0 Å². The van der Waals surface area contributed by atoms with E-state index in [-0.39, 0.29) is 23.2 Å². The average Bonchev–Trinajstić information content (AvgIpc) is 3.78. The standard InChI is InChI=1S/C40H46FN5O7S/c1-23-33(24(2)44(43-23)22-25-12-11-13-29(41)18-25)34-30-19-28(21-42-36(30)45(35(34)26-14-15-26)37(47)52-39(3,4)5)27-16-17-32(51-9)31(20-27)46(54(10,49)50)38(48)53-40(6,7)8/h11-13,16-21,26H,14-15,22H2,1-10H3. The van der Waals surface area contributed by atoms with E-state index < -0.39 is 33.4 Å². The summed E-state index contributed by atoms with van der Waals surface area (Å²) < 4.78 is 61.3. The van der Waals surface area contributed by atoms with Crippen LogP contribution < -0.4 is 9.04 Å². The average molecular weight is 760 g/mol. The van der Waals surface area contributed by atoms with Crippen molar-refractivity contribution < 1.29 is 36.6 Å². The van der Waals surface area contributed by atoms with Crippen LogP contribution in [-0.2, 0) is 26.0 Å². The number of carbonyl (C=O) groups is 2. The minimum absolute atomic E-state index is 0.0395. The Morgan fingerprint density at radius 3 is 2.22 bits per heavy atom. The van der Waals surface area contributed by atoms with E-state index in [2.05, 4.69) is 0 Å². The molecule has 3 heterocycles. The quantitative estimate of drug-likeness (QED) is 0.152. The van der Waals surface area contributed by atoms with E-state index >= 15 is 0 Å². The van der Waals surface area contributed by atoms with E-state index in [1.54, 1.807) is 49.7 Å². The Bertz CT molecular complexity index is 2400. The Kier molecular flexibility index (Phi) is 9.89. The summed E-state index contributed by atoms with van der Waals surface area (Å²) in [7, 11) is -2.80. The minimum atomic E-state index is -4.18. The van der Waals surface area contributed by atoms with Gasteiger partial charge in [0.15, 0.2) is 0 Å². The number of aryl methyl sites for hydroxylation is 1. The lowest BCUT2D eigenvalue weighted by Crippen LogP contribution is -2.40. The zero-order valence-electron chi connectivity index (χ0n) is 32.3. The number of ether oxygens (including phenoxy) is 3. The van der Waals surface area contributed by atoms with Gasteiger partial charge in [0.25, 0.3) is 0 Å². The van der Waals surface area contributed by atoms with Crippen molar-refractivity contribution in [2.75, 3.05) is 17.7 Å². The number of pyridine rings is 1. The topological polar surface area (TPSA) is 135 Å². The van der Waals surface area contributed by atoms with Crippen LogP contribution in [-0.4, -0.2) is 64.5 Å². The second kappa shape index (κ2) is 13.9. The molecule has 0 aliphatic heterocycles. The number of halogens is 1. The summed E-state index contributed by atoms with van der Waals surface area (Å²) in [6.45, 7) is 14.5. The van der Waals surface area contributed by atoms with Crippen molar-refractivity contribution >= 4 is 38.9 Å². The van der Waals surface area contributed by atoms with Crippen molar-refractivity contribution in [3.05, 3.63) is 83.2 Å². The Morgan fingerprint density at radius 1 is 0.944 bits per heavy atom. The smallest absolute Gasteiger partial charge is 0.429 e. The van der Waals surface area contributed by atoms with E-state index in [9.17, 15) is 22.4 Å². The number of sulfonamides is 1. The Labute approximate surface area is 314 Å².